The van der Waals surface area contributed by atoms with Gasteiger partial charge in [0.2, 0.25) is 5.91 Å². The number of carbonyl (C=O) groups excluding carboxylic acids is 2. The van der Waals surface area contributed by atoms with E-state index in [9.17, 15) is 19.8 Å². The summed E-state index contributed by atoms with van der Waals surface area (Å²) in [6.07, 6.45) is -2.24. The molecule has 3 N–H and O–H groups in total. The van der Waals surface area contributed by atoms with Gasteiger partial charge in [-0.25, -0.2) is 0 Å². The molecule has 0 aliphatic carbocycles. The van der Waals surface area contributed by atoms with Gasteiger partial charge in [0.25, 0.3) is 0 Å². The number of rotatable bonds is 6. The number of hydrogen-bond acceptors (Lipinski definition) is 4. The van der Waals surface area contributed by atoms with E-state index in [-0.39, 0.29) is 24.1 Å². The third-order valence-corrected chi connectivity index (χ3v) is 2.86. The van der Waals surface area contributed by atoms with Crippen molar-refractivity contribution in [2.45, 2.75) is 19.1 Å². The number of benzene rings is 1. The highest BCUT2D eigenvalue weighted by Crippen LogP contribution is 2.17. The van der Waals surface area contributed by atoms with Crippen LogP contribution in [0.4, 0.5) is 0 Å². The smallest absolute Gasteiger partial charge is 0.216 e. The molecule has 0 saturated carbocycles. The Labute approximate surface area is 116 Å². The Morgan fingerprint density at radius 2 is 1.84 bits per heavy atom. The van der Waals surface area contributed by atoms with E-state index in [1.165, 1.54) is 19.1 Å². The number of amides is 1. The van der Waals surface area contributed by atoms with E-state index in [4.69, 9.17) is 11.6 Å². The Morgan fingerprint density at radius 3 is 2.32 bits per heavy atom. The van der Waals surface area contributed by atoms with E-state index in [1.807, 2.05) is 0 Å². The number of carbonyl (C=O) groups is 2. The molecule has 1 amide bonds. The molecule has 0 radical (unpaired) electrons. The van der Waals surface area contributed by atoms with Crippen LogP contribution in [0.25, 0.3) is 0 Å². The predicted molar refractivity (Wildman–Crippen MR) is 71.1 cm³/mol. The van der Waals surface area contributed by atoms with Crippen LogP contribution in [0.1, 0.15) is 28.9 Å². The van der Waals surface area contributed by atoms with Gasteiger partial charge < -0.3 is 15.5 Å². The summed E-state index contributed by atoms with van der Waals surface area (Å²) in [5, 5.41) is 22.0. The summed E-state index contributed by atoms with van der Waals surface area (Å²) in [5.74, 6) is -0.594. The maximum Gasteiger partial charge on any atom is 0.216 e. The number of ketones is 1. The van der Waals surface area contributed by atoms with E-state index >= 15 is 0 Å². The number of nitrogens with one attached hydrogen (secondary N) is 1. The lowest BCUT2D eigenvalue weighted by molar-refractivity contribution is -0.119. The second-order valence-electron chi connectivity index (χ2n) is 4.13. The molecule has 104 valence electrons. The molecule has 5 nitrogen and oxygen atoms in total. The van der Waals surface area contributed by atoms with Crippen molar-refractivity contribution in [1.29, 1.82) is 0 Å². The third-order valence-electron chi connectivity index (χ3n) is 2.62. The highest BCUT2D eigenvalue weighted by molar-refractivity contribution is 6.30. The first-order valence-electron chi connectivity index (χ1n) is 5.75. The van der Waals surface area contributed by atoms with Gasteiger partial charge in [-0.3, -0.25) is 9.59 Å². The van der Waals surface area contributed by atoms with Gasteiger partial charge in [0.05, 0.1) is 5.88 Å². The largest absolute Gasteiger partial charge is 0.388 e. The monoisotopic (exact) mass is 285 g/mol. The predicted octanol–water partition coefficient (Wildman–Crippen LogP) is 0.639. The molecule has 0 heterocycles. The molecule has 1 aromatic rings. The zero-order valence-corrected chi connectivity index (χ0v) is 11.2. The summed E-state index contributed by atoms with van der Waals surface area (Å²) in [6, 6.07) is 6.16. The molecule has 6 heteroatoms. The minimum absolute atomic E-state index is 0.0428. The molecule has 0 fully saturated rings. The first-order valence-corrected chi connectivity index (χ1v) is 6.29. The fourth-order valence-electron chi connectivity index (χ4n) is 1.53. The van der Waals surface area contributed by atoms with Gasteiger partial charge in [-0.2, -0.15) is 0 Å². The lowest BCUT2D eigenvalue weighted by Crippen LogP contribution is -2.34. The van der Waals surface area contributed by atoms with Crippen molar-refractivity contribution in [3.63, 3.8) is 0 Å². The topological polar surface area (TPSA) is 86.6 Å². The van der Waals surface area contributed by atoms with Crippen molar-refractivity contribution >= 4 is 23.3 Å². The van der Waals surface area contributed by atoms with Gasteiger partial charge in [0, 0.05) is 19.0 Å². The van der Waals surface area contributed by atoms with Gasteiger partial charge in [0.15, 0.2) is 5.78 Å². The molecule has 0 bridgehead atoms. The van der Waals surface area contributed by atoms with Crippen LogP contribution >= 0.6 is 11.6 Å². The lowest BCUT2D eigenvalue weighted by atomic mass is 10.0. The zero-order chi connectivity index (χ0) is 14.4. The van der Waals surface area contributed by atoms with Gasteiger partial charge in [0.1, 0.15) is 12.2 Å². The molecule has 0 aromatic heterocycles. The van der Waals surface area contributed by atoms with Gasteiger partial charge in [-0.05, 0) is 5.56 Å². The standard InChI is InChI=1S/C13H16ClNO4/c1-8(16)15-7-12(18)13(19)10-4-2-9(3-5-10)11(17)6-14/h2-5,12-13,18-19H,6-7H2,1H3,(H,15,16). The van der Waals surface area contributed by atoms with Crippen LogP contribution in [-0.2, 0) is 4.79 Å². The number of halogens is 1. The molecule has 2 unspecified atom stereocenters. The lowest BCUT2D eigenvalue weighted by Gasteiger charge is -2.18. The fraction of sp³-hybridized carbons (Fsp3) is 0.385. The van der Waals surface area contributed by atoms with Crippen molar-refractivity contribution in [1.82, 2.24) is 5.32 Å². The van der Waals surface area contributed by atoms with Crippen LogP contribution in [0, 0.1) is 0 Å². The van der Waals surface area contributed by atoms with Crippen molar-refractivity contribution in [3.05, 3.63) is 35.4 Å². The average molecular weight is 286 g/mol. The summed E-state index contributed by atoms with van der Waals surface area (Å²) in [6.45, 7) is 1.28. The van der Waals surface area contributed by atoms with Crippen molar-refractivity contribution in [2.24, 2.45) is 0 Å². The van der Waals surface area contributed by atoms with Crippen LogP contribution in [0.2, 0.25) is 0 Å². The number of aliphatic hydroxyl groups is 2. The Hall–Kier alpha value is -1.43. The molecular formula is C13H16ClNO4. The van der Waals surface area contributed by atoms with Gasteiger partial charge >= 0.3 is 0 Å². The molecule has 0 saturated heterocycles. The molecule has 1 rings (SSSR count). The minimum atomic E-state index is -1.13. The molecule has 2 atom stereocenters. The second-order valence-corrected chi connectivity index (χ2v) is 4.40. The number of Topliss-reactive ketones (excluding diaryl/α,β-unsaturated/α-hetero) is 1. The van der Waals surface area contributed by atoms with E-state index in [2.05, 4.69) is 5.32 Å². The highest BCUT2D eigenvalue weighted by Gasteiger charge is 2.18. The Bertz CT molecular complexity index is 446. The van der Waals surface area contributed by atoms with Crippen molar-refractivity contribution < 1.29 is 19.8 Å². The number of aliphatic hydroxyl groups excluding tert-OH is 2. The number of alkyl halides is 1. The maximum absolute atomic E-state index is 11.3. The molecule has 19 heavy (non-hydrogen) atoms. The van der Waals surface area contributed by atoms with Crippen LogP contribution < -0.4 is 5.32 Å². The summed E-state index contributed by atoms with van der Waals surface area (Å²) in [7, 11) is 0. The first-order chi connectivity index (χ1) is 8.95. The Morgan fingerprint density at radius 1 is 1.26 bits per heavy atom. The normalized spacial score (nSPS) is 13.7. The van der Waals surface area contributed by atoms with E-state index in [0.717, 1.165) is 0 Å². The third kappa shape index (κ3) is 4.63. The Kier molecular flexibility index (Phi) is 5.95. The fourth-order valence-corrected chi connectivity index (χ4v) is 1.68. The van der Waals surface area contributed by atoms with Crippen LogP contribution in [-0.4, -0.2) is 40.4 Å². The quantitative estimate of drug-likeness (QED) is 0.529. The van der Waals surface area contributed by atoms with Crippen LogP contribution in [0.3, 0.4) is 0 Å². The van der Waals surface area contributed by atoms with Gasteiger partial charge in [-0.15, -0.1) is 11.6 Å². The van der Waals surface area contributed by atoms with Crippen molar-refractivity contribution in [3.8, 4) is 0 Å². The molecular weight excluding hydrogens is 270 g/mol. The highest BCUT2D eigenvalue weighted by atomic mass is 35.5. The minimum Gasteiger partial charge on any atom is -0.388 e. The first kappa shape index (κ1) is 15.6. The SMILES string of the molecule is CC(=O)NCC(O)C(O)c1ccc(C(=O)CCl)cc1. The van der Waals surface area contributed by atoms with Gasteiger partial charge in [-0.1, -0.05) is 24.3 Å². The maximum atomic E-state index is 11.3. The van der Waals surface area contributed by atoms with E-state index in [1.54, 1.807) is 12.1 Å². The van der Waals surface area contributed by atoms with Crippen LogP contribution in [0.15, 0.2) is 24.3 Å². The van der Waals surface area contributed by atoms with Crippen LogP contribution in [0.5, 0.6) is 0 Å². The van der Waals surface area contributed by atoms with Crippen molar-refractivity contribution in [2.75, 3.05) is 12.4 Å². The molecule has 0 aliphatic rings. The molecule has 1 aromatic carbocycles. The zero-order valence-electron chi connectivity index (χ0n) is 10.5. The molecule has 0 aliphatic heterocycles. The molecule has 0 spiro atoms. The van der Waals surface area contributed by atoms with E-state index < -0.39 is 12.2 Å². The summed E-state index contributed by atoms with van der Waals surface area (Å²) >= 11 is 5.43. The Balaban J connectivity index is 2.69. The average Bonchev–Trinajstić information content (AvgIpc) is 2.43. The summed E-state index contributed by atoms with van der Waals surface area (Å²) in [4.78, 5) is 22.0. The summed E-state index contributed by atoms with van der Waals surface area (Å²) < 4.78 is 0. The number of hydrogen-bond donors (Lipinski definition) is 3. The summed E-state index contributed by atoms with van der Waals surface area (Å²) in [5.41, 5.74) is 0.909. The van der Waals surface area contributed by atoms with E-state index in [0.29, 0.717) is 11.1 Å². The second kappa shape index (κ2) is 7.23.